The summed E-state index contributed by atoms with van der Waals surface area (Å²) in [7, 11) is 3.80. The fraction of sp³-hybridized carbons (Fsp3) is 0.481. The zero-order chi connectivity index (χ0) is 26.0. The van der Waals surface area contributed by atoms with Crippen LogP contribution in [-0.4, -0.2) is 49.6 Å². The van der Waals surface area contributed by atoms with E-state index in [-0.39, 0.29) is 25.3 Å². The number of nitrogens with zero attached hydrogens (tertiary/aromatic N) is 1. The van der Waals surface area contributed by atoms with Gasteiger partial charge in [0.15, 0.2) is 0 Å². The van der Waals surface area contributed by atoms with Crippen molar-refractivity contribution in [2.24, 2.45) is 11.1 Å². The fourth-order valence-electron chi connectivity index (χ4n) is 4.90. The average Bonchev–Trinajstić information content (AvgIpc) is 3.58. The summed E-state index contributed by atoms with van der Waals surface area (Å²) in [5.41, 5.74) is 7.49. The molecule has 2 amide bonds. The van der Waals surface area contributed by atoms with Crippen LogP contribution in [0.2, 0.25) is 0 Å². The van der Waals surface area contributed by atoms with Crippen LogP contribution in [0.5, 0.6) is 0 Å². The van der Waals surface area contributed by atoms with E-state index in [0.717, 1.165) is 16.7 Å². The van der Waals surface area contributed by atoms with Gasteiger partial charge in [-0.25, -0.2) is 0 Å². The molecule has 1 unspecified atom stereocenters. The van der Waals surface area contributed by atoms with Gasteiger partial charge in [-0.05, 0) is 81.6 Å². The minimum Gasteiger partial charge on any atom is -0.366 e. The number of primary amides is 1. The van der Waals surface area contributed by atoms with Gasteiger partial charge in [0.1, 0.15) is 0 Å². The molecule has 2 aromatic rings. The number of halogens is 3. The predicted molar refractivity (Wildman–Crippen MR) is 130 cm³/mol. The first kappa shape index (κ1) is 26.7. The van der Waals surface area contributed by atoms with E-state index in [1.165, 1.54) is 0 Å². The number of nitrogens with two attached hydrogens (primary N) is 1. The summed E-state index contributed by atoms with van der Waals surface area (Å²) < 4.78 is 41.8. The van der Waals surface area contributed by atoms with Gasteiger partial charge in [-0.2, -0.15) is 13.2 Å². The van der Waals surface area contributed by atoms with Gasteiger partial charge in [0.05, 0.1) is 5.41 Å². The Bertz CT molecular complexity index is 1040. The summed E-state index contributed by atoms with van der Waals surface area (Å²) in [6.07, 6.45) is -3.87. The minimum atomic E-state index is -4.36. The largest absolute Gasteiger partial charge is 0.395 e. The van der Waals surface area contributed by atoms with Gasteiger partial charge < -0.3 is 16.0 Å². The third kappa shape index (κ3) is 6.04. The molecule has 1 fully saturated rings. The lowest BCUT2D eigenvalue weighted by Gasteiger charge is -2.30. The van der Waals surface area contributed by atoms with E-state index in [0.29, 0.717) is 24.1 Å². The molecule has 1 aliphatic carbocycles. The summed E-state index contributed by atoms with van der Waals surface area (Å²) in [5.74, 6) is -1.79. The van der Waals surface area contributed by atoms with Crippen LogP contribution >= 0.6 is 0 Å². The highest BCUT2D eigenvalue weighted by Gasteiger charge is 2.67. The van der Waals surface area contributed by atoms with E-state index in [1.54, 1.807) is 42.5 Å². The number of aryl methyl sites for hydroxylation is 2. The van der Waals surface area contributed by atoms with Gasteiger partial charge in [-0.15, -0.1) is 0 Å². The molecule has 0 aliphatic heterocycles. The molecular weight excluding hydrogens is 455 g/mol. The molecule has 3 rings (SSSR count). The number of hydrogen-bond donors (Lipinski definition) is 2. The van der Waals surface area contributed by atoms with Gasteiger partial charge in [0, 0.05) is 30.5 Å². The average molecular weight is 490 g/mol. The summed E-state index contributed by atoms with van der Waals surface area (Å²) in [4.78, 5) is 26.4. The second-order valence-corrected chi connectivity index (χ2v) is 9.90. The van der Waals surface area contributed by atoms with E-state index in [4.69, 9.17) is 5.73 Å². The monoisotopic (exact) mass is 489 g/mol. The van der Waals surface area contributed by atoms with Crippen molar-refractivity contribution in [1.82, 2.24) is 10.2 Å². The third-order valence-electron chi connectivity index (χ3n) is 7.30. The number of benzene rings is 2. The molecule has 0 spiro atoms. The molecule has 1 aliphatic rings. The maximum absolute atomic E-state index is 13.9. The first-order valence-electron chi connectivity index (χ1n) is 11.8. The quantitative estimate of drug-likeness (QED) is 0.516. The zero-order valence-corrected chi connectivity index (χ0v) is 20.7. The van der Waals surface area contributed by atoms with E-state index in [9.17, 15) is 22.8 Å². The highest BCUT2D eigenvalue weighted by Crippen LogP contribution is 2.66. The van der Waals surface area contributed by atoms with E-state index in [2.05, 4.69) is 5.32 Å². The maximum Gasteiger partial charge on any atom is 0.395 e. The van der Waals surface area contributed by atoms with Gasteiger partial charge in [0.25, 0.3) is 0 Å². The summed E-state index contributed by atoms with van der Waals surface area (Å²) in [5, 5.41) is 2.88. The molecule has 2 atom stereocenters. The van der Waals surface area contributed by atoms with Crippen LogP contribution in [0.4, 0.5) is 13.2 Å². The third-order valence-corrected chi connectivity index (χ3v) is 7.30. The number of amides is 2. The second-order valence-electron chi connectivity index (χ2n) is 9.90. The number of likely N-dealkylation sites (N-methyl/N-ethyl adjacent to an activating group) is 1. The Balaban J connectivity index is 1.72. The molecule has 0 heterocycles. The number of carbonyl (C=O) groups excluding carboxylic acids is 2. The number of rotatable bonds is 10. The van der Waals surface area contributed by atoms with Crippen molar-refractivity contribution in [3.05, 3.63) is 70.3 Å². The first-order valence-corrected chi connectivity index (χ1v) is 11.8. The number of nitrogens with one attached hydrogen (secondary N) is 1. The lowest BCUT2D eigenvalue weighted by molar-refractivity contribution is -0.194. The molecule has 2 aromatic carbocycles. The first-order chi connectivity index (χ1) is 16.4. The molecule has 35 heavy (non-hydrogen) atoms. The Morgan fingerprint density at radius 3 is 2.11 bits per heavy atom. The predicted octanol–water partition coefficient (Wildman–Crippen LogP) is 4.51. The Kier molecular flexibility index (Phi) is 7.94. The Hall–Kier alpha value is -2.87. The Morgan fingerprint density at radius 2 is 1.66 bits per heavy atom. The Labute approximate surface area is 204 Å². The number of carbonyl (C=O) groups is 2. The Morgan fingerprint density at radius 1 is 1.09 bits per heavy atom. The smallest absolute Gasteiger partial charge is 0.366 e. The van der Waals surface area contributed by atoms with Crippen molar-refractivity contribution in [2.75, 3.05) is 20.6 Å². The minimum absolute atomic E-state index is 0.0452. The topological polar surface area (TPSA) is 75.4 Å². The zero-order valence-electron chi connectivity index (χ0n) is 20.7. The molecule has 8 heteroatoms. The lowest BCUT2D eigenvalue weighted by Crippen LogP contribution is -2.43. The normalized spacial score (nSPS) is 16.6. The SMILES string of the molecule is Cc1cc(C(N)=O)cc(C)c1C[C@@H](CNC(=O)CC(c1ccccc1)C1(C(F)(F)F)CC1)N(C)C. The molecule has 0 aromatic heterocycles. The highest BCUT2D eigenvalue weighted by molar-refractivity contribution is 5.93. The van der Waals surface area contributed by atoms with E-state index >= 15 is 0 Å². The summed E-state index contributed by atoms with van der Waals surface area (Å²) >= 11 is 0. The highest BCUT2D eigenvalue weighted by atomic mass is 19.4. The number of hydrogen-bond acceptors (Lipinski definition) is 3. The van der Waals surface area contributed by atoms with Gasteiger partial charge in [-0.1, -0.05) is 30.3 Å². The fourth-order valence-corrected chi connectivity index (χ4v) is 4.90. The lowest BCUT2D eigenvalue weighted by atomic mass is 9.80. The van der Waals surface area contributed by atoms with Crippen molar-refractivity contribution >= 4 is 11.8 Å². The standard InChI is InChI=1S/C27H34F3N3O2/c1-17-12-20(25(31)35)13-18(2)22(17)14-21(33(3)4)16-32-24(34)15-23(19-8-6-5-7-9-19)26(10-11-26)27(28,29)30/h5-9,12-13,21,23H,10-11,14-16H2,1-4H3,(H2,31,35)(H,32,34)/t21-,23?/m0/s1. The molecule has 5 nitrogen and oxygen atoms in total. The van der Waals surface area contributed by atoms with E-state index in [1.807, 2.05) is 32.8 Å². The molecule has 1 saturated carbocycles. The van der Waals surface area contributed by atoms with Crippen molar-refractivity contribution in [3.63, 3.8) is 0 Å². The van der Waals surface area contributed by atoms with Crippen LogP contribution in [0.25, 0.3) is 0 Å². The molecule has 190 valence electrons. The van der Waals surface area contributed by atoms with Crippen molar-refractivity contribution < 1.29 is 22.8 Å². The van der Waals surface area contributed by atoms with Crippen LogP contribution < -0.4 is 11.1 Å². The van der Waals surface area contributed by atoms with Crippen LogP contribution in [0.15, 0.2) is 42.5 Å². The van der Waals surface area contributed by atoms with Crippen LogP contribution in [-0.2, 0) is 11.2 Å². The van der Waals surface area contributed by atoms with Gasteiger partial charge >= 0.3 is 6.18 Å². The number of alkyl halides is 3. The van der Waals surface area contributed by atoms with Crippen molar-refractivity contribution in [3.8, 4) is 0 Å². The van der Waals surface area contributed by atoms with Gasteiger partial charge in [-0.3, -0.25) is 9.59 Å². The second kappa shape index (κ2) is 10.4. The summed E-state index contributed by atoms with van der Waals surface area (Å²) in [6.45, 7) is 4.12. The maximum atomic E-state index is 13.9. The molecular formula is C27H34F3N3O2. The molecule has 3 N–H and O–H groups in total. The molecule has 0 bridgehead atoms. The van der Waals surface area contributed by atoms with Crippen LogP contribution in [0.1, 0.15) is 57.8 Å². The van der Waals surface area contributed by atoms with E-state index < -0.39 is 29.3 Å². The van der Waals surface area contributed by atoms with Gasteiger partial charge in [0.2, 0.25) is 11.8 Å². The van der Waals surface area contributed by atoms with Crippen molar-refractivity contribution in [2.45, 2.75) is 57.7 Å². The molecule has 0 radical (unpaired) electrons. The van der Waals surface area contributed by atoms with Crippen molar-refractivity contribution in [1.29, 1.82) is 0 Å². The van der Waals surface area contributed by atoms with Crippen LogP contribution in [0, 0.1) is 19.3 Å². The summed E-state index contributed by atoms with van der Waals surface area (Å²) in [6, 6.07) is 12.0. The van der Waals surface area contributed by atoms with Crippen LogP contribution in [0.3, 0.4) is 0 Å². The molecule has 0 saturated heterocycles.